The third kappa shape index (κ3) is 49.2. The molecule has 19 heteroatoms. The van der Waals surface area contributed by atoms with E-state index in [2.05, 4.69) is 31.3 Å². The van der Waals surface area contributed by atoms with E-state index in [1.54, 1.807) is 6.08 Å². The second-order valence-corrected chi connectivity index (χ2v) is 33.1. The second-order valence-electron chi connectivity index (χ2n) is 33.1. The van der Waals surface area contributed by atoms with Crippen molar-refractivity contribution in [2.24, 2.45) is 0 Å². The lowest BCUT2D eigenvalue weighted by molar-refractivity contribution is -0.379. The quantitative estimate of drug-likeness (QED) is 0.0199. The first kappa shape index (κ1) is 101. The minimum Gasteiger partial charge on any atom is -0.394 e. The number of hydrogen-bond acceptors (Lipinski definition) is 18. The average molecular weight is 1560 g/mol. The Bertz CT molecular complexity index is 2060. The smallest absolute Gasteiger partial charge is 0.220 e. The van der Waals surface area contributed by atoms with Gasteiger partial charge >= 0.3 is 0 Å². The number of carbonyl (C=O) groups excluding carboxylic acids is 1. The lowest BCUT2D eigenvalue weighted by atomic mass is 9.96. The normalized spacial score (nSPS) is 25.3. The van der Waals surface area contributed by atoms with Crippen molar-refractivity contribution in [1.82, 2.24) is 5.32 Å². The fraction of sp³-hybridized carbons (Fsp3) is 0.944. The Morgan fingerprint density at radius 1 is 0.321 bits per heavy atom. The van der Waals surface area contributed by atoms with Crippen LogP contribution in [0.3, 0.4) is 0 Å². The summed E-state index contributed by atoms with van der Waals surface area (Å²) in [5.41, 5.74) is 0. The summed E-state index contributed by atoms with van der Waals surface area (Å²) in [4.78, 5) is 13.5. The standard InChI is InChI=1S/C90H171NO18/c1-3-5-7-9-11-13-15-17-19-21-23-25-27-29-30-31-32-33-34-35-36-37-38-39-40-41-42-43-44-46-48-50-52-54-56-58-60-62-64-66-68-78(96)91-73(74(95)67-65-63-61-59-57-55-53-51-49-47-45-28-26-24-22-20-18-16-14-12-10-8-6-4-2)72-104-88-84(102)81(99)86(76(70-93)106-88)109-90-85(103)82(100)87(77(71-94)107-90)108-89-83(101)80(98)79(97)75(69-92)105-89/h57,59,65,67,73-77,79-90,92-95,97-103H,3-56,58,60-64,66,68-72H2,1-2H3,(H,91,96)/b59-57+,67-65+. The number of ether oxygens (including phenoxy) is 6. The minimum absolute atomic E-state index is 0.241. The van der Waals surface area contributed by atoms with Crippen molar-refractivity contribution in [1.29, 1.82) is 0 Å². The molecule has 3 heterocycles. The fourth-order valence-corrected chi connectivity index (χ4v) is 15.9. The number of aliphatic hydroxyl groups excluding tert-OH is 11. The van der Waals surface area contributed by atoms with Gasteiger partial charge < -0.3 is 89.9 Å². The molecule has 0 radical (unpaired) electrons. The first-order chi connectivity index (χ1) is 53.3. The maximum atomic E-state index is 13.5. The van der Waals surface area contributed by atoms with E-state index in [1.807, 2.05) is 6.08 Å². The Labute approximate surface area is 664 Å². The molecule has 3 aliphatic heterocycles. The van der Waals surface area contributed by atoms with Crippen LogP contribution in [0.2, 0.25) is 0 Å². The van der Waals surface area contributed by atoms with Gasteiger partial charge in [-0.3, -0.25) is 4.79 Å². The van der Waals surface area contributed by atoms with Gasteiger partial charge in [0.05, 0.1) is 38.6 Å². The van der Waals surface area contributed by atoms with E-state index in [9.17, 15) is 61.0 Å². The van der Waals surface area contributed by atoms with Crippen molar-refractivity contribution in [2.75, 3.05) is 26.4 Å². The van der Waals surface area contributed by atoms with Crippen LogP contribution in [0.4, 0.5) is 0 Å². The molecule has 109 heavy (non-hydrogen) atoms. The van der Waals surface area contributed by atoms with Gasteiger partial charge in [-0.25, -0.2) is 0 Å². The zero-order chi connectivity index (χ0) is 78.8. The molecule has 0 saturated carbocycles. The van der Waals surface area contributed by atoms with Crippen LogP contribution >= 0.6 is 0 Å². The first-order valence-corrected chi connectivity index (χ1v) is 46.1. The van der Waals surface area contributed by atoms with E-state index in [0.29, 0.717) is 12.8 Å². The van der Waals surface area contributed by atoms with E-state index >= 15 is 0 Å². The van der Waals surface area contributed by atoms with Crippen LogP contribution < -0.4 is 5.32 Å². The summed E-state index contributed by atoms with van der Waals surface area (Å²) >= 11 is 0. The summed E-state index contributed by atoms with van der Waals surface area (Å²) in [5.74, 6) is -0.276. The highest BCUT2D eigenvalue weighted by molar-refractivity contribution is 5.76. The third-order valence-corrected chi connectivity index (χ3v) is 23.3. The summed E-state index contributed by atoms with van der Waals surface area (Å²) in [6.07, 6.45) is 62.2. The van der Waals surface area contributed by atoms with E-state index in [-0.39, 0.29) is 18.9 Å². The average Bonchev–Trinajstić information content (AvgIpc) is 0.762. The third-order valence-electron chi connectivity index (χ3n) is 23.3. The number of unbranched alkanes of at least 4 members (excludes halogenated alkanes) is 58. The minimum atomic E-state index is -1.98. The maximum absolute atomic E-state index is 13.5. The van der Waals surface area contributed by atoms with Gasteiger partial charge in [0.1, 0.15) is 73.2 Å². The first-order valence-electron chi connectivity index (χ1n) is 46.1. The maximum Gasteiger partial charge on any atom is 0.220 e. The highest BCUT2D eigenvalue weighted by Crippen LogP contribution is 2.34. The molecule has 17 unspecified atom stereocenters. The van der Waals surface area contributed by atoms with Crippen molar-refractivity contribution in [3.05, 3.63) is 24.3 Å². The van der Waals surface area contributed by atoms with Gasteiger partial charge in [-0.15, -0.1) is 0 Å². The van der Waals surface area contributed by atoms with Crippen molar-refractivity contribution in [3.8, 4) is 0 Å². The Balaban J connectivity index is 1.29. The van der Waals surface area contributed by atoms with E-state index < -0.39 is 124 Å². The van der Waals surface area contributed by atoms with Crippen molar-refractivity contribution in [3.63, 3.8) is 0 Å². The molecule has 12 N–H and O–H groups in total. The zero-order valence-electron chi connectivity index (χ0n) is 69.6. The predicted octanol–water partition coefficient (Wildman–Crippen LogP) is 17.6. The Kier molecular flexibility index (Phi) is 65.6. The van der Waals surface area contributed by atoms with Crippen LogP contribution in [0.25, 0.3) is 0 Å². The molecule has 3 saturated heterocycles. The molecule has 3 fully saturated rings. The lowest BCUT2D eigenvalue weighted by Crippen LogP contribution is -2.66. The van der Waals surface area contributed by atoms with Gasteiger partial charge in [-0.1, -0.05) is 398 Å². The summed E-state index contributed by atoms with van der Waals surface area (Å²) in [5, 5.41) is 121. The topological polar surface area (TPSA) is 307 Å². The van der Waals surface area contributed by atoms with Gasteiger partial charge in [-0.05, 0) is 32.1 Å². The number of aliphatic hydroxyl groups is 11. The number of allylic oxidation sites excluding steroid dienone is 3. The van der Waals surface area contributed by atoms with Gasteiger partial charge in [0.2, 0.25) is 5.91 Å². The molecule has 644 valence electrons. The molecule has 0 aromatic rings. The molecule has 0 spiro atoms. The molecule has 0 aromatic carbocycles. The highest BCUT2D eigenvalue weighted by atomic mass is 16.8. The van der Waals surface area contributed by atoms with Crippen LogP contribution in [-0.2, 0) is 33.2 Å². The largest absolute Gasteiger partial charge is 0.394 e. The monoisotopic (exact) mass is 1550 g/mol. The number of carbonyl (C=O) groups is 1. The summed E-state index contributed by atoms with van der Waals surface area (Å²) in [7, 11) is 0. The predicted molar refractivity (Wildman–Crippen MR) is 439 cm³/mol. The van der Waals surface area contributed by atoms with Gasteiger partial charge in [-0.2, -0.15) is 0 Å². The van der Waals surface area contributed by atoms with Crippen molar-refractivity contribution in [2.45, 2.75) is 516 Å². The molecule has 3 rings (SSSR count). The molecule has 0 aliphatic carbocycles. The number of nitrogens with one attached hydrogen (secondary N) is 1. The zero-order valence-corrected chi connectivity index (χ0v) is 69.6. The second kappa shape index (κ2) is 70.5. The number of amides is 1. The van der Waals surface area contributed by atoms with Gasteiger partial charge in [0, 0.05) is 6.42 Å². The van der Waals surface area contributed by atoms with Gasteiger partial charge in [0.15, 0.2) is 18.9 Å². The molecule has 0 aromatic heterocycles. The highest BCUT2D eigenvalue weighted by Gasteiger charge is 2.54. The Morgan fingerprint density at radius 2 is 0.587 bits per heavy atom. The number of rotatable bonds is 76. The van der Waals surface area contributed by atoms with E-state index in [1.165, 1.54) is 340 Å². The molecular formula is C90H171NO18. The molecule has 1 amide bonds. The molecular weight excluding hydrogens is 1380 g/mol. The van der Waals surface area contributed by atoms with Crippen LogP contribution in [0, 0.1) is 0 Å². The van der Waals surface area contributed by atoms with E-state index in [4.69, 9.17) is 28.4 Å². The Morgan fingerprint density at radius 3 is 0.917 bits per heavy atom. The summed E-state index contributed by atoms with van der Waals surface area (Å²) < 4.78 is 34.5. The lowest BCUT2D eigenvalue weighted by Gasteiger charge is -2.48. The van der Waals surface area contributed by atoms with Crippen molar-refractivity contribution >= 4 is 5.91 Å². The molecule has 17 atom stereocenters. The molecule has 0 bridgehead atoms. The molecule has 3 aliphatic rings. The molecule has 19 nitrogen and oxygen atoms in total. The Hall–Kier alpha value is -1.73. The van der Waals surface area contributed by atoms with E-state index in [0.717, 1.165) is 38.5 Å². The SMILES string of the molecule is CCCCCCCCCCCCCCCCCCCC/C=C/CC/C=C/C(O)C(COC1OC(CO)C(OC2OC(CO)C(OC3OC(CO)C(O)C(O)C3O)C(O)C2O)C(O)C1O)NC(=O)CCCCCCCCCCCCCCCCCCCCCCCCCCCCCCCCCCCCCCCCCC. The van der Waals surface area contributed by atoms with Crippen LogP contribution in [0.5, 0.6) is 0 Å². The fourth-order valence-electron chi connectivity index (χ4n) is 15.9. The number of hydrogen-bond donors (Lipinski definition) is 12. The van der Waals surface area contributed by atoms with Crippen LogP contribution in [0.15, 0.2) is 24.3 Å². The van der Waals surface area contributed by atoms with Crippen LogP contribution in [0.1, 0.15) is 412 Å². The van der Waals surface area contributed by atoms with Gasteiger partial charge in [0.25, 0.3) is 0 Å². The summed E-state index contributed by atoms with van der Waals surface area (Å²) in [6.45, 7) is 1.79. The van der Waals surface area contributed by atoms with Crippen LogP contribution in [-0.4, -0.2) is 193 Å². The van der Waals surface area contributed by atoms with Crippen molar-refractivity contribution < 1.29 is 89.4 Å². The summed E-state index contributed by atoms with van der Waals surface area (Å²) in [6, 6.07) is -0.989.